The van der Waals surface area contributed by atoms with Crippen molar-refractivity contribution in [3.63, 3.8) is 0 Å². The van der Waals surface area contributed by atoms with E-state index in [0.717, 1.165) is 43.0 Å². The van der Waals surface area contributed by atoms with E-state index in [-0.39, 0.29) is 0 Å². The monoisotopic (exact) mass is 297 g/mol. The molecule has 1 aliphatic heterocycles. The molecule has 1 aromatic heterocycles. The summed E-state index contributed by atoms with van der Waals surface area (Å²) in [5, 5.41) is 8.41. The third-order valence-electron chi connectivity index (χ3n) is 4.26. The lowest BCUT2D eigenvalue weighted by atomic mass is 10.00. The quantitative estimate of drug-likeness (QED) is 0.866. The van der Waals surface area contributed by atoms with E-state index in [1.54, 1.807) is 6.20 Å². The number of aromatic nitrogens is 3. The van der Waals surface area contributed by atoms with Gasteiger partial charge in [-0.25, -0.2) is 0 Å². The van der Waals surface area contributed by atoms with E-state index in [2.05, 4.69) is 46.0 Å². The summed E-state index contributed by atoms with van der Waals surface area (Å²) < 4.78 is 0. The lowest BCUT2D eigenvalue weighted by Gasteiger charge is -2.30. The maximum absolute atomic E-state index is 4.75. The summed E-state index contributed by atoms with van der Waals surface area (Å²) in [5.41, 5.74) is 1.13. The third-order valence-corrected chi connectivity index (χ3v) is 4.26. The van der Waals surface area contributed by atoms with E-state index in [0.29, 0.717) is 0 Å². The van der Waals surface area contributed by atoms with Crippen LogP contribution in [0.3, 0.4) is 0 Å². The van der Waals surface area contributed by atoms with E-state index in [1.165, 1.54) is 12.8 Å². The van der Waals surface area contributed by atoms with E-state index in [9.17, 15) is 0 Å². The molecule has 22 heavy (non-hydrogen) atoms. The highest BCUT2D eigenvalue weighted by Crippen LogP contribution is 2.25. The van der Waals surface area contributed by atoms with Gasteiger partial charge in [-0.2, -0.15) is 10.1 Å². The minimum atomic E-state index is 0.749. The van der Waals surface area contributed by atoms with Gasteiger partial charge in [0.25, 0.3) is 0 Å². The van der Waals surface area contributed by atoms with Gasteiger partial charge < -0.3 is 9.80 Å². The molecule has 116 valence electrons. The van der Waals surface area contributed by atoms with Crippen LogP contribution in [0.2, 0.25) is 0 Å². The Kier molecular flexibility index (Phi) is 4.51. The van der Waals surface area contributed by atoms with Gasteiger partial charge in [-0.15, -0.1) is 5.10 Å². The average Bonchev–Trinajstić information content (AvgIpc) is 2.57. The molecule has 2 aromatic rings. The summed E-state index contributed by atoms with van der Waals surface area (Å²) in [5.74, 6) is 2.40. The number of para-hydroxylation sites is 1. The zero-order valence-corrected chi connectivity index (χ0v) is 13.3. The first-order valence-corrected chi connectivity index (χ1v) is 8.05. The van der Waals surface area contributed by atoms with E-state index < -0.39 is 0 Å². The van der Waals surface area contributed by atoms with Gasteiger partial charge in [-0.1, -0.05) is 25.1 Å². The molecule has 0 radical (unpaired) electrons. The molecule has 5 heteroatoms. The number of hydrogen-bond donors (Lipinski definition) is 0. The number of hydrogen-bond acceptors (Lipinski definition) is 5. The highest BCUT2D eigenvalue weighted by molar-refractivity contribution is 5.59. The largest absolute Gasteiger partial charge is 0.339 e. The molecule has 5 nitrogen and oxygen atoms in total. The summed E-state index contributed by atoms with van der Waals surface area (Å²) in [7, 11) is 0. The van der Waals surface area contributed by atoms with Crippen molar-refractivity contribution in [2.75, 3.05) is 29.4 Å². The van der Waals surface area contributed by atoms with Crippen molar-refractivity contribution in [2.45, 2.75) is 26.7 Å². The first-order chi connectivity index (χ1) is 10.8. The van der Waals surface area contributed by atoms with Crippen LogP contribution in [0.4, 0.5) is 17.5 Å². The molecule has 3 rings (SSSR count). The summed E-state index contributed by atoms with van der Waals surface area (Å²) >= 11 is 0. The maximum atomic E-state index is 4.75. The van der Waals surface area contributed by atoms with Crippen molar-refractivity contribution in [1.29, 1.82) is 0 Å². The van der Waals surface area contributed by atoms with Crippen molar-refractivity contribution in [2.24, 2.45) is 5.92 Å². The molecule has 0 atom stereocenters. The molecule has 0 spiro atoms. The molecule has 0 saturated carbocycles. The molecular weight excluding hydrogens is 274 g/mol. The Bertz CT molecular complexity index is 593. The predicted molar refractivity (Wildman–Crippen MR) is 89.6 cm³/mol. The molecule has 1 aliphatic rings. The van der Waals surface area contributed by atoms with Gasteiger partial charge in [0, 0.05) is 25.3 Å². The second-order valence-corrected chi connectivity index (χ2v) is 5.86. The van der Waals surface area contributed by atoms with Crippen LogP contribution in [0.1, 0.15) is 26.7 Å². The normalized spacial score (nSPS) is 15.8. The van der Waals surface area contributed by atoms with Gasteiger partial charge in [-0.3, -0.25) is 0 Å². The second kappa shape index (κ2) is 6.73. The molecule has 1 aromatic carbocycles. The van der Waals surface area contributed by atoms with E-state index in [4.69, 9.17) is 4.98 Å². The molecule has 0 N–H and O–H groups in total. The Balaban J connectivity index is 1.84. The molecule has 1 saturated heterocycles. The fraction of sp³-hybridized carbons (Fsp3) is 0.471. The van der Waals surface area contributed by atoms with Crippen LogP contribution in [0.25, 0.3) is 0 Å². The summed E-state index contributed by atoms with van der Waals surface area (Å²) in [6.07, 6.45) is 4.14. The van der Waals surface area contributed by atoms with E-state index in [1.807, 2.05) is 18.2 Å². The fourth-order valence-electron chi connectivity index (χ4n) is 2.84. The first-order valence-electron chi connectivity index (χ1n) is 8.05. The van der Waals surface area contributed by atoms with Crippen LogP contribution in [-0.4, -0.2) is 34.8 Å². The molecule has 0 bridgehead atoms. The highest BCUT2D eigenvalue weighted by atomic mass is 15.3. The third kappa shape index (κ3) is 3.18. The number of piperidine rings is 1. The van der Waals surface area contributed by atoms with Crippen LogP contribution in [0.15, 0.2) is 36.5 Å². The topological polar surface area (TPSA) is 45.2 Å². The summed E-state index contributed by atoms with van der Waals surface area (Å²) in [6, 6.07) is 10.3. The van der Waals surface area contributed by atoms with Gasteiger partial charge >= 0.3 is 0 Å². The zero-order chi connectivity index (χ0) is 15.4. The lowest BCUT2D eigenvalue weighted by molar-refractivity contribution is 0.433. The number of benzene rings is 1. The SMILES string of the molecule is CCN(c1ccccc1)c1cnnc(N2CCC(C)CC2)n1. The Labute approximate surface area is 132 Å². The van der Waals surface area contributed by atoms with Crippen molar-refractivity contribution in [1.82, 2.24) is 15.2 Å². The van der Waals surface area contributed by atoms with Crippen molar-refractivity contribution in [3.05, 3.63) is 36.5 Å². The molecule has 0 aliphatic carbocycles. The van der Waals surface area contributed by atoms with Gasteiger partial charge in [-0.05, 0) is 37.8 Å². The van der Waals surface area contributed by atoms with Crippen LogP contribution in [0, 0.1) is 5.92 Å². The predicted octanol–water partition coefficient (Wildman–Crippen LogP) is 3.27. The first kappa shape index (κ1) is 14.8. The summed E-state index contributed by atoms with van der Waals surface area (Å²) in [4.78, 5) is 9.15. The average molecular weight is 297 g/mol. The number of anilines is 3. The number of rotatable bonds is 4. The Hall–Kier alpha value is -2.17. The Morgan fingerprint density at radius 3 is 2.59 bits per heavy atom. The number of nitrogens with zero attached hydrogens (tertiary/aromatic N) is 5. The molecule has 1 fully saturated rings. The van der Waals surface area contributed by atoms with Crippen molar-refractivity contribution < 1.29 is 0 Å². The second-order valence-electron chi connectivity index (χ2n) is 5.86. The minimum Gasteiger partial charge on any atom is -0.339 e. The highest BCUT2D eigenvalue weighted by Gasteiger charge is 2.19. The molecule has 0 unspecified atom stereocenters. The van der Waals surface area contributed by atoms with Crippen molar-refractivity contribution >= 4 is 17.5 Å². The van der Waals surface area contributed by atoms with Crippen LogP contribution in [0.5, 0.6) is 0 Å². The lowest BCUT2D eigenvalue weighted by Crippen LogP contribution is -2.34. The van der Waals surface area contributed by atoms with Crippen LogP contribution < -0.4 is 9.80 Å². The smallest absolute Gasteiger partial charge is 0.247 e. The maximum Gasteiger partial charge on any atom is 0.247 e. The Morgan fingerprint density at radius 2 is 1.91 bits per heavy atom. The van der Waals surface area contributed by atoms with E-state index >= 15 is 0 Å². The molecule has 0 amide bonds. The van der Waals surface area contributed by atoms with Crippen molar-refractivity contribution in [3.8, 4) is 0 Å². The van der Waals surface area contributed by atoms with Gasteiger partial charge in [0.15, 0.2) is 5.82 Å². The van der Waals surface area contributed by atoms with Gasteiger partial charge in [0.2, 0.25) is 5.95 Å². The Morgan fingerprint density at radius 1 is 1.18 bits per heavy atom. The molecular formula is C17H23N5. The molecule has 2 heterocycles. The fourth-order valence-corrected chi connectivity index (χ4v) is 2.84. The van der Waals surface area contributed by atoms with Gasteiger partial charge in [0.1, 0.15) is 0 Å². The summed E-state index contributed by atoms with van der Waals surface area (Å²) in [6.45, 7) is 7.31. The van der Waals surface area contributed by atoms with Crippen LogP contribution >= 0.6 is 0 Å². The van der Waals surface area contributed by atoms with Gasteiger partial charge in [0.05, 0.1) is 6.20 Å². The standard InChI is InChI=1S/C17H23N5/c1-3-22(15-7-5-4-6-8-15)16-13-18-20-17(19-16)21-11-9-14(2)10-12-21/h4-8,13-14H,3,9-12H2,1-2H3. The minimum absolute atomic E-state index is 0.749. The van der Waals surface area contributed by atoms with Crippen LogP contribution in [-0.2, 0) is 0 Å². The zero-order valence-electron chi connectivity index (χ0n) is 13.3.